The van der Waals surface area contributed by atoms with Gasteiger partial charge in [0, 0.05) is 18.0 Å². The number of carbonyl (C=O) groups is 1. The van der Waals surface area contributed by atoms with E-state index < -0.39 is 0 Å². The number of carbonyl (C=O) groups excluding carboxylic acids is 1. The maximum absolute atomic E-state index is 11.3. The van der Waals surface area contributed by atoms with Gasteiger partial charge in [0.15, 0.2) is 11.0 Å². The van der Waals surface area contributed by atoms with E-state index in [1.165, 1.54) is 11.3 Å². The molecule has 5 nitrogen and oxygen atoms in total. The van der Waals surface area contributed by atoms with Crippen LogP contribution in [-0.4, -0.2) is 23.3 Å². The number of aromatic nitrogens is 1. The van der Waals surface area contributed by atoms with E-state index in [4.69, 9.17) is 11.5 Å². The summed E-state index contributed by atoms with van der Waals surface area (Å²) in [5.74, 6) is 4.91. The van der Waals surface area contributed by atoms with Crippen molar-refractivity contribution in [3.8, 4) is 11.8 Å². The van der Waals surface area contributed by atoms with Crippen molar-refractivity contribution in [1.29, 1.82) is 0 Å². The quantitative estimate of drug-likeness (QED) is 0.188. The van der Waals surface area contributed by atoms with Crippen LogP contribution in [0.2, 0.25) is 0 Å². The molecule has 1 aromatic heterocycles. The smallest absolute Gasteiger partial charge is 0.264 e. The number of Topliss-reactive ketones (excluding diaryl/α,β-unsaturated/α-hetero) is 1. The number of hydrogen-bond acceptors (Lipinski definition) is 4. The molecule has 0 aliphatic heterocycles. The number of hydrogen-bond donors (Lipinski definition) is 2. The van der Waals surface area contributed by atoms with Crippen LogP contribution in [0, 0.1) is 11.8 Å². The van der Waals surface area contributed by atoms with Crippen molar-refractivity contribution in [3.05, 3.63) is 16.6 Å². The molecule has 0 saturated heterocycles. The lowest BCUT2D eigenvalue weighted by Crippen LogP contribution is -2.22. The predicted molar refractivity (Wildman–Crippen MR) is 59.5 cm³/mol. The molecule has 0 aromatic carbocycles. The summed E-state index contributed by atoms with van der Waals surface area (Å²) < 4.78 is 0. The Morgan fingerprint density at radius 3 is 3.00 bits per heavy atom. The SMILES string of the molecule is NC(N)=NCCC#CC(=O)c1nccs1. The summed E-state index contributed by atoms with van der Waals surface area (Å²) >= 11 is 1.27. The first-order chi connectivity index (χ1) is 7.20. The topological polar surface area (TPSA) is 94.4 Å². The van der Waals surface area contributed by atoms with Gasteiger partial charge in [0.25, 0.3) is 5.78 Å². The van der Waals surface area contributed by atoms with Crippen LogP contribution < -0.4 is 11.5 Å². The molecule has 0 radical (unpaired) electrons. The van der Waals surface area contributed by atoms with Crippen molar-refractivity contribution in [1.82, 2.24) is 4.98 Å². The average Bonchev–Trinajstić information content (AvgIpc) is 2.69. The van der Waals surface area contributed by atoms with Crippen molar-refractivity contribution in [3.63, 3.8) is 0 Å². The van der Waals surface area contributed by atoms with Gasteiger partial charge in [-0.3, -0.25) is 9.79 Å². The fraction of sp³-hybridized carbons (Fsp3) is 0.222. The molecule has 0 amide bonds. The number of rotatable bonds is 3. The third-order valence-electron chi connectivity index (χ3n) is 1.36. The van der Waals surface area contributed by atoms with Crippen molar-refractivity contribution >= 4 is 23.1 Å². The monoisotopic (exact) mass is 222 g/mol. The Kier molecular flexibility index (Phi) is 4.31. The van der Waals surface area contributed by atoms with E-state index in [9.17, 15) is 4.79 Å². The number of nitrogens with zero attached hydrogens (tertiary/aromatic N) is 2. The second-order valence-electron chi connectivity index (χ2n) is 2.52. The highest BCUT2D eigenvalue weighted by Crippen LogP contribution is 2.03. The van der Waals surface area contributed by atoms with E-state index in [2.05, 4.69) is 21.8 Å². The fourth-order valence-electron chi connectivity index (χ4n) is 0.773. The minimum absolute atomic E-state index is 0.0306. The lowest BCUT2D eigenvalue weighted by Gasteiger charge is -1.87. The highest BCUT2D eigenvalue weighted by molar-refractivity contribution is 7.11. The molecule has 4 N–H and O–H groups in total. The molecule has 0 fully saturated rings. The summed E-state index contributed by atoms with van der Waals surface area (Å²) in [4.78, 5) is 18.9. The molecule has 0 aliphatic rings. The second-order valence-corrected chi connectivity index (χ2v) is 3.42. The van der Waals surface area contributed by atoms with Crippen LogP contribution in [-0.2, 0) is 0 Å². The van der Waals surface area contributed by atoms with Gasteiger partial charge in [-0.15, -0.1) is 11.3 Å². The van der Waals surface area contributed by atoms with Gasteiger partial charge >= 0.3 is 0 Å². The Morgan fingerprint density at radius 2 is 2.40 bits per heavy atom. The Hall–Kier alpha value is -1.87. The molecule has 0 bridgehead atoms. The van der Waals surface area contributed by atoms with Crippen LogP contribution in [0.3, 0.4) is 0 Å². The van der Waals surface area contributed by atoms with E-state index in [1.807, 2.05) is 0 Å². The molecule has 0 aliphatic carbocycles. The van der Waals surface area contributed by atoms with Crippen molar-refractivity contribution in [2.45, 2.75) is 6.42 Å². The molecule has 1 aromatic rings. The van der Waals surface area contributed by atoms with Gasteiger partial charge in [-0.05, 0) is 5.92 Å². The van der Waals surface area contributed by atoms with Crippen LogP contribution in [0.25, 0.3) is 0 Å². The molecule has 0 unspecified atom stereocenters. The summed E-state index contributed by atoms with van der Waals surface area (Å²) in [5, 5.41) is 2.14. The van der Waals surface area contributed by atoms with Gasteiger partial charge < -0.3 is 11.5 Å². The molecule has 15 heavy (non-hydrogen) atoms. The normalized spacial score (nSPS) is 8.80. The zero-order valence-corrected chi connectivity index (χ0v) is 8.75. The van der Waals surface area contributed by atoms with Crippen LogP contribution in [0.4, 0.5) is 0 Å². The number of thiazole rings is 1. The Labute approximate surface area is 91.2 Å². The molecular formula is C9H10N4OS. The van der Waals surface area contributed by atoms with Gasteiger partial charge in [-0.1, -0.05) is 5.92 Å². The van der Waals surface area contributed by atoms with Gasteiger partial charge in [-0.2, -0.15) is 0 Å². The van der Waals surface area contributed by atoms with Crippen LogP contribution in [0.15, 0.2) is 16.6 Å². The number of aliphatic imine (C=N–C) groups is 1. The van der Waals surface area contributed by atoms with Gasteiger partial charge in [0.05, 0.1) is 6.54 Å². The summed E-state index contributed by atoms with van der Waals surface area (Å²) in [5.41, 5.74) is 10.2. The molecule has 1 heterocycles. The zero-order chi connectivity index (χ0) is 11.1. The fourth-order valence-corrected chi connectivity index (χ4v) is 1.30. The average molecular weight is 222 g/mol. The first-order valence-electron chi connectivity index (χ1n) is 4.18. The van der Waals surface area contributed by atoms with Crippen LogP contribution >= 0.6 is 11.3 Å². The molecule has 6 heteroatoms. The standard InChI is InChI=1S/C9H10N4OS/c10-9(11)13-4-2-1-3-7(14)8-12-5-6-15-8/h5-6H,2,4H2,(H4,10,11,13). The summed E-state index contributed by atoms with van der Waals surface area (Å²) in [6.07, 6.45) is 2.02. The highest BCUT2D eigenvalue weighted by atomic mass is 32.1. The molecule has 0 saturated carbocycles. The highest BCUT2D eigenvalue weighted by Gasteiger charge is 2.02. The Balaban J connectivity index is 2.39. The van der Waals surface area contributed by atoms with E-state index in [1.54, 1.807) is 11.6 Å². The number of ketones is 1. The number of nitrogens with two attached hydrogens (primary N) is 2. The van der Waals surface area contributed by atoms with Gasteiger partial charge in [0.2, 0.25) is 0 Å². The van der Waals surface area contributed by atoms with E-state index in [0.29, 0.717) is 18.0 Å². The summed E-state index contributed by atoms with van der Waals surface area (Å²) in [6, 6.07) is 0. The Morgan fingerprint density at radius 1 is 1.60 bits per heavy atom. The van der Waals surface area contributed by atoms with E-state index >= 15 is 0 Å². The molecular weight excluding hydrogens is 212 g/mol. The summed E-state index contributed by atoms with van der Waals surface area (Å²) in [7, 11) is 0. The molecule has 0 atom stereocenters. The Bertz CT molecular complexity index is 409. The second kappa shape index (κ2) is 5.78. The molecule has 1 rings (SSSR count). The van der Waals surface area contributed by atoms with Gasteiger partial charge in [0.1, 0.15) is 0 Å². The van der Waals surface area contributed by atoms with Crippen molar-refractivity contribution in [2.24, 2.45) is 16.5 Å². The van der Waals surface area contributed by atoms with E-state index in [-0.39, 0.29) is 11.7 Å². The van der Waals surface area contributed by atoms with Crippen LogP contribution in [0.1, 0.15) is 16.2 Å². The first-order valence-corrected chi connectivity index (χ1v) is 5.06. The first kappa shape index (κ1) is 11.2. The maximum atomic E-state index is 11.3. The number of guanidine groups is 1. The predicted octanol–water partition coefficient (Wildman–Crippen LogP) is -0.00730. The zero-order valence-electron chi connectivity index (χ0n) is 7.93. The van der Waals surface area contributed by atoms with E-state index in [0.717, 1.165) is 0 Å². The van der Waals surface area contributed by atoms with Crippen LogP contribution in [0.5, 0.6) is 0 Å². The third-order valence-corrected chi connectivity index (χ3v) is 2.13. The molecule has 0 spiro atoms. The largest absolute Gasteiger partial charge is 0.370 e. The maximum Gasteiger partial charge on any atom is 0.264 e. The lowest BCUT2D eigenvalue weighted by molar-refractivity contribution is 0.105. The minimum Gasteiger partial charge on any atom is -0.370 e. The van der Waals surface area contributed by atoms with Gasteiger partial charge in [-0.25, -0.2) is 4.98 Å². The lowest BCUT2D eigenvalue weighted by atomic mass is 10.3. The minimum atomic E-state index is -0.269. The summed E-state index contributed by atoms with van der Waals surface area (Å²) in [6.45, 7) is 0.403. The third kappa shape index (κ3) is 4.24. The van der Waals surface area contributed by atoms with Crippen molar-refractivity contribution < 1.29 is 4.79 Å². The molecule has 78 valence electrons. The van der Waals surface area contributed by atoms with Crippen molar-refractivity contribution in [2.75, 3.05) is 6.54 Å².